The number of hydrogen-bond acceptors (Lipinski definition) is 2. The minimum absolute atomic E-state index is 0.700. The van der Waals surface area contributed by atoms with E-state index in [0.717, 1.165) is 25.6 Å². The Bertz CT molecular complexity index is 441. The van der Waals surface area contributed by atoms with Crippen molar-refractivity contribution in [3.8, 4) is 0 Å². The van der Waals surface area contributed by atoms with Crippen molar-refractivity contribution in [2.75, 3.05) is 24.5 Å². The van der Waals surface area contributed by atoms with Gasteiger partial charge in [-0.2, -0.15) is 0 Å². The second kappa shape index (κ2) is 8.19. The predicted octanol–water partition coefficient (Wildman–Crippen LogP) is 4.82. The van der Waals surface area contributed by atoms with Crippen molar-refractivity contribution in [3.63, 3.8) is 0 Å². The van der Waals surface area contributed by atoms with Crippen molar-refractivity contribution in [2.45, 2.75) is 46.6 Å². The Morgan fingerprint density at radius 3 is 2.67 bits per heavy atom. The molecule has 2 rings (SSSR count). The first kappa shape index (κ1) is 16.8. The lowest BCUT2D eigenvalue weighted by atomic mass is 10.1. The van der Waals surface area contributed by atoms with Gasteiger partial charge in [0.25, 0.3) is 0 Å². The Morgan fingerprint density at radius 1 is 1.33 bits per heavy atom. The zero-order valence-corrected chi connectivity index (χ0v) is 15.2. The molecule has 0 radical (unpaired) electrons. The van der Waals surface area contributed by atoms with Crippen LogP contribution >= 0.6 is 15.9 Å². The van der Waals surface area contributed by atoms with Crippen LogP contribution in [0, 0.1) is 11.8 Å². The molecule has 1 saturated carbocycles. The van der Waals surface area contributed by atoms with Crippen LogP contribution in [-0.4, -0.2) is 19.6 Å². The van der Waals surface area contributed by atoms with Gasteiger partial charge in [0.1, 0.15) is 0 Å². The van der Waals surface area contributed by atoms with E-state index < -0.39 is 0 Å². The van der Waals surface area contributed by atoms with Crippen molar-refractivity contribution in [3.05, 3.63) is 28.2 Å². The largest absolute Gasteiger partial charge is 0.370 e. The van der Waals surface area contributed by atoms with Crippen LogP contribution in [0.1, 0.15) is 45.6 Å². The summed E-state index contributed by atoms with van der Waals surface area (Å²) in [6.07, 6.45) is 4.03. The Balaban J connectivity index is 1.98. The van der Waals surface area contributed by atoms with Crippen molar-refractivity contribution in [2.24, 2.45) is 11.8 Å². The van der Waals surface area contributed by atoms with E-state index in [1.165, 1.54) is 41.5 Å². The Morgan fingerprint density at radius 2 is 2.10 bits per heavy atom. The average Bonchev–Trinajstić information content (AvgIpc) is 3.22. The molecule has 0 unspecified atom stereocenters. The number of hydrogen-bond donors (Lipinski definition) is 1. The van der Waals surface area contributed by atoms with E-state index in [1.807, 2.05) is 0 Å². The maximum absolute atomic E-state index is 3.78. The van der Waals surface area contributed by atoms with Gasteiger partial charge in [-0.25, -0.2) is 0 Å². The van der Waals surface area contributed by atoms with E-state index in [-0.39, 0.29) is 0 Å². The maximum Gasteiger partial charge on any atom is 0.0510 e. The molecule has 2 nitrogen and oxygen atoms in total. The summed E-state index contributed by atoms with van der Waals surface area (Å²) in [5.41, 5.74) is 2.71. The van der Waals surface area contributed by atoms with E-state index >= 15 is 0 Å². The summed E-state index contributed by atoms with van der Waals surface area (Å²) < 4.78 is 1.24. The van der Waals surface area contributed by atoms with E-state index in [9.17, 15) is 0 Å². The summed E-state index contributed by atoms with van der Waals surface area (Å²) in [5.74, 6) is 1.63. The molecule has 0 bridgehead atoms. The normalized spacial score (nSPS) is 14.7. The van der Waals surface area contributed by atoms with Crippen LogP contribution < -0.4 is 10.2 Å². The molecule has 3 heteroatoms. The highest BCUT2D eigenvalue weighted by Crippen LogP contribution is 2.34. The summed E-state index contributed by atoms with van der Waals surface area (Å²) >= 11 is 3.78. The van der Waals surface area contributed by atoms with Crippen LogP contribution in [0.4, 0.5) is 5.69 Å². The van der Waals surface area contributed by atoms with Gasteiger partial charge in [-0.1, -0.05) is 26.8 Å². The third-order valence-electron chi connectivity index (χ3n) is 3.90. The highest BCUT2D eigenvalue weighted by molar-refractivity contribution is 9.10. The van der Waals surface area contributed by atoms with E-state index in [1.54, 1.807) is 0 Å². The molecule has 1 aliphatic rings. The summed E-state index contributed by atoms with van der Waals surface area (Å²) in [6.45, 7) is 11.1. The monoisotopic (exact) mass is 352 g/mol. The fourth-order valence-corrected chi connectivity index (χ4v) is 3.29. The quantitative estimate of drug-likeness (QED) is 0.685. The van der Waals surface area contributed by atoms with Gasteiger partial charge in [0.05, 0.1) is 5.69 Å². The van der Waals surface area contributed by atoms with Crippen LogP contribution in [0.15, 0.2) is 22.7 Å². The molecule has 0 saturated heterocycles. The average molecular weight is 353 g/mol. The molecule has 0 heterocycles. The fraction of sp³-hybridized carbons (Fsp3) is 0.667. The second-order valence-electron chi connectivity index (χ2n) is 6.70. The molecule has 118 valence electrons. The Labute approximate surface area is 138 Å². The summed E-state index contributed by atoms with van der Waals surface area (Å²) in [5, 5.41) is 3.51. The first-order valence-corrected chi connectivity index (χ1v) is 9.13. The lowest BCUT2D eigenvalue weighted by Crippen LogP contribution is -2.27. The summed E-state index contributed by atoms with van der Waals surface area (Å²) in [4.78, 5) is 2.55. The molecule has 21 heavy (non-hydrogen) atoms. The SMILES string of the molecule is CCCN(CC1CC1)c1ccc(CNCC(C)C)cc1Br. The Kier molecular flexibility index (Phi) is 6.56. The smallest absolute Gasteiger partial charge is 0.0510 e. The highest BCUT2D eigenvalue weighted by atomic mass is 79.9. The zero-order chi connectivity index (χ0) is 15.2. The van der Waals surface area contributed by atoms with Crippen molar-refractivity contribution < 1.29 is 0 Å². The van der Waals surface area contributed by atoms with E-state index in [2.05, 4.69) is 65.1 Å². The van der Waals surface area contributed by atoms with Crippen molar-refractivity contribution in [1.29, 1.82) is 0 Å². The van der Waals surface area contributed by atoms with Crippen LogP contribution in [-0.2, 0) is 6.54 Å². The summed E-state index contributed by atoms with van der Waals surface area (Å²) in [7, 11) is 0. The molecule has 1 N–H and O–H groups in total. The summed E-state index contributed by atoms with van der Waals surface area (Å²) in [6, 6.07) is 6.83. The number of benzene rings is 1. The topological polar surface area (TPSA) is 15.3 Å². The molecule has 1 aliphatic carbocycles. The molecule has 1 aromatic rings. The van der Waals surface area contributed by atoms with Gasteiger partial charge >= 0.3 is 0 Å². The van der Waals surface area contributed by atoms with Gasteiger partial charge in [-0.15, -0.1) is 0 Å². The molecule has 0 amide bonds. The molecular weight excluding hydrogens is 324 g/mol. The standard InChI is InChI=1S/C18H29BrN2/c1-4-9-21(13-15-5-6-15)18-8-7-16(10-17(18)19)12-20-11-14(2)3/h7-8,10,14-15,20H,4-6,9,11-13H2,1-3H3. The minimum atomic E-state index is 0.700. The van der Waals surface area contributed by atoms with Crippen molar-refractivity contribution in [1.82, 2.24) is 5.32 Å². The lowest BCUT2D eigenvalue weighted by molar-refractivity contribution is 0.552. The van der Waals surface area contributed by atoms with Gasteiger partial charge in [-0.05, 0) is 71.3 Å². The molecule has 0 spiro atoms. The van der Waals surface area contributed by atoms with Gasteiger partial charge < -0.3 is 10.2 Å². The molecule has 0 aliphatic heterocycles. The van der Waals surface area contributed by atoms with Gasteiger partial charge in [0.15, 0.2) is 0 Å². The highest BCUT2D eigenvalue weighted by Gasteiger charge is 2.24. The molecule has 0 atom stereocenters. The Hall–Kier alpha value is -0.540. The number of rotatable bonds is 9. The zero-order valence-electron chi connectivity index (χ0n) is 13.7. The van der Waals surface area contributed by atoms with E-state index in [0.29, 0.717) is 5.92 Å². The maximum atomic E-state index is 3.78. The minimum Gasteiger partial charge on any atom is -0.370 e. The lowest BCUT2D eigenvalue weighted by Gasteiger charge is -2.26. The third kappa shape index (κ3) is 5.63. The second-order valence-corrected chi connectivity index (χ2v) is 7.55. The van der Waals surface area contributed by atoms with Crippen LogP contribution in [0.5, 0.6) is 0 Å². The van der Waals surface area contributed by atoms with Crippen molar-refractivity contribution >= 4 is 21.6 Å². The predicted molar refractivity (Wildman–Crippen MR) is 95.9 cm³/mol. The van der Waals surface area contributed by atoms with Crippen LogP contribution in [0.2, 0.25) is 0 Å². The number of nitrogens with one attached hydrogen (secondary N) is 1. The first-order valence-electron chi connectivity index (χ1n) is 8.34. The van der Waals surface area contributed by atoms with E-state index in [4.69, 9.17) is 0 Å². The number of anilines is 1. The third-order valence-corrected chi connectivity index (χ3v) is 4.54. The molecule has 0 aromatic heterocycles. The van der Waals surface area contributed by atoms with Crippen LogP contribution in [0.3, 0.4) is 0 Å². The molecule has 1 aromatic carbocycles. The first-order chi connectivity index (χ1) is 10.1. The molecular formula is C18H29BrN2. The number of nitrogens with zero attached hydrogens (tertiary/aromatic N) is 1. The number of halogens is 1. The van der Waals surface area contributed by atoms with Crippen LogP contribution in [0.25, 0.3) is 0 Å². The van der Waals surface area contributed by atoms with Gasteiger partial charge in [-0.3, -0.25) is 0 Å². The molecule has 1 fully saturated rings. The fourth-order valence-electron chi connectivity index (χ4n) is 2.61. The van der Waals surface area contributed by atoms with Gasteiger partial charge in [0.2, 0.25) is 0 Å². The van der Waals surface area contributed by atoms with Gasteiger partial charge in [0, 0.05) is 24.1 Å².